The highest BCUT2D eigenvalue weighted by molar-refractivity contribution is 5.98. The average Bonchev–Trinajstić information content (AvgIpc) is 3.14. The molecule has 0 unspecified atom stereocenters. The zero-order chi connectivity index (χ0) is 42.0. The lowest BCUT2D eigenvalue weighted by Crippen LogP contribution is -2.13. The van der Waals surface area contributed by atoms with Gasteiger partial charge in [-0.1, -0.05) is 0 Å². The maximum absolute atomic E-state index is 13.1. The van der Waals surface area contributed by atoms with Gasteiger partial charge in [-0.3, -0.25) is 0 Å². The van der Waals surface area contributed by atoms with Crippen molar-refractivity contribution in [3.63, 3.8) is 0 Å². The number of nitrogens with zero attached hydrogens (tertiary/aromatic N) is 1. The number of hydrogen-bond acceptors (Lipinski definition) is 21. The van der Waals surface area contributed by atoms with E-state index in [2.05, 4.69) is 5.18 Å². The van der Waals surface area contributed by atoms with Crippen molar-refractivity contribution in [3.05, 3.63) is 93.4 Å². The quantitative estimate of drug-likeness (QED) is 0.0415. The van der Waals surface area contributed by atoms with Crippen LogP contribution in [0.1, 0.15) is 51.8 Å². The van der Waals surface area contributed by atoms with Crippen molar-refractivity contribution >= 4 is 35.5 Å². The number of carbonyl (C=O) groups is 5. The third kappa shape index (κ3) is 8.03. The van der Waals surface area contributed by atoms with Crippen LogP contribution in [0.4, 0.5) is 5.69 Å². The van der Waals surface area contributed by atoms with E-state index >= 15 is 0 Å². The van der Waals surface area contributed by atoms with Gasteiger partial charge in [-0.2, -0.15) is 0 Å². The smallest absolute Gasteiger partial charge is 0.343 e. The Hall–Kier alpha value is -8.95. The van der Waals surface area contributed by atoms with Crippen LogP contribution in [0.25, 0.3) is 0 Å². The SMILES string of the molecule is O=Nc1c(O)cc(C(=O)Oc2cc(C(=O)Oc3cc(C(=O)Oc4cc(C(=O)Oc5cc(C(=O)O)cc(O)c5O)cc(O)c4O)cc(O)c3O)cc(O)c2O)cc1O. The van der Waals surface area contributed by atoms with E-state index in [0.717, 1.165) is 0 Å². The molecule has 5 aromatic rings. The third-order valence-electron chi connectivity index (χ3n) is 7.38. The molecule has 5 rings (SSSR count). The highest BCUT2D eigenvalue weighted by Crippen LogP contribution is 2.43. The molecule has 5 aromatic carbocycles. The summed E-state index contributed by atoms with van der Waals surface area (Å²) in [6.45, 7) is 0. The summed E-state index contributed by atoms with van der Waals surface area (Å²) in [5, 5.41) is 112. The normalized spacial score (nSPS) is 10.6. The first kappa shape index (κ1) is 39.3. The van der Waals surface area contributed by atoms with Gasteiger partial charge in [0.2, 0.25) is 23.0 Å². The molecule has 0 saturated carbocycles. The van der Waals surface area contributed by atoms with Gasteiger partial charge in [-0.15, -0.1) is 4.91 Å². The molecule has 0 aliphatic rings. The molecular weight excluding hydrogens is 770 g/mol. The molecule has 11 N–H and O–H groups in total. The fourth-order valence-electron chi connectivity index (χ4n) is 4.61. The number of esters is 4. The Labute approximate surface area is 313 Å². The second-order valence-corrected chi connectivity index (χ2v) is 11.2. The Balaban J connectivity index is 1.37. The molecule has 57 heavy (non-hydrogen) atoms. The van der Waals surface area contributed by atoms with Crippen LogP contribution in [-0.2, 0) is 0 Å². The van der Waals surface area contributed by atoms with Crippen molar-refractivity contribution < 1.29 is 99.1 Å². The highest BCUT2D eigenvalue weighted by Gasteiger charge is 2.26. The van der Waals surface area contributed by atoms with Crippen molar-refractivity contribution in [2.45, 2.75) is 0 Å². The number of carboxylic acid groups (broad SMARTS) is 1. The van der Waals surface area contributed by atoms with E-state index in [1.54, 1.807) is 0 Å². The molecule has 0 spiro atoms. The van der Waals surface area contributed by atoms with Gasteiger partial charge in [-0.05, 0) is 65.8 Å². The molecule has 0 fully saturated rings. The lowest BCUT2D eigenvalue weighted by Gasteiger charge is -2.13. The predicted octanol–water partition coefficient (Wildman–Crippen LogP) is 3.72. The molecule has 22 heteroatoms. The lowest BCUT2D eigenvalue weighted by molar-refractivity contribution is 0.0684. The highest BCUT2D eigenvalue weighted by atomic mass is 16.6. The molecule has 0 aliphatic heterocycles. The topological polar surface area (TPSA) is 374 Å². The number of benzene rings is 5. The van der Waals surface area contributed by atoms with Gasteiger partial charge in [0, 0.05) is 0 Å². The van der Waals surface area contributed by atoms with Crippen LogP contribution in [0.3, 0.4) is 0 Å². The minimum absolute atomic E-state index is 0.589. The van der Waals surface area contributed by atoms with Crippen molar-refractivity contribution in [2.24, 2.45) is 5.18 Å². The van der Waals surface area contributed by atoms with Gasteiger partial charge in [-0.25, -0.2) is 24.0 Å². The first-order valence-corrected chi connectivity index (χ1v) is 15.0. The van der Waals surface area contributed by atoms with Crippen LogP contribution in [0, 0.1) is 4.91 Å². The molecule has 22 nitrogen and oxygen atoms in total. The van der Waals surface area contributed by atoms with E-state index in [0.29, 0.717) is 60.7 Å². The summed E-state index contributed by atoms with van der Waals surface area (Å²) in [5.41, 5.74) is -4.10. The van der Waals surface area contributed by atoms with Gasteiger partial charge >= 0.3 is 29.8 Å². The van der Waals surface area contributed by atoms with Gasteiger partial charge in [0.05, 0.1) is 27.8 Å². The summed E-state index contributed by atoms with van der Waals surface area (Å²) in [7, 11) is 0. The minimum atomic E-state index is -1.57. The largest absolute Gasteiger partial charge is 0.505 e. The monoisotopic (exact) mass is 791 g/mol. The molecule has 0 amide bonds. The van der Waals surface area contributed by atoms with E-state index in [1.165, 1.54) is 0 Å². The third-order valence-corrected chi connectivity index (χ3v) is 7.38. The lowest BCUT2D eigenvalue weighted by atomic mass is 10.1. The van der Waals surface area contributed by atoms with Crippen LogP contribution in [0.2, 0.25) is 0 Å². The Kier molecular flexibility index (Phi) is 10.5. The van der Waals surface area contributed by atoms with E-state index in [4.69, 9.17) is 24.1 Å². The Morgan fingerprint density at radius 2 is 0.596 bits per heavy atom. The number of nitroso groups, excluding NO2 is 1. The molecule has 0 aromatic heterocycles. The Morgan fingerprint density at radius 3 is 0.860 bits per heavy atom. The number of ether oxygens (including phenoxy) is 4. The summed E-state index contributed by atoms with van der Waals surface area (Å²) in [4.78, 5) is 73.6. The zero-order valence-electron chi connectivity index (χ0n) is 27.7. The maximum atomic E-state index is 13.1. The summed E-state index contributed by atoms with van der Waals surface area (Å²) in [6.07, 6.45) is 0. The molecule has 0 bridgehead atoms. The number of aromatic hydroxyl groups is 10. The van der Waals surface area contributed by atoms with Crippen molar-refractivity contribution in [2.75, 3.05) is 0 Å². The first-order chi connectivity index (χ1) is 26.8. The number of rotatable bonds is 10. The van der Waals surface area contributed by atoms with Gasteiger partial charge in [0.15, 0.2) is 51.7 Å². The summed E-state index contributed by atoms with van der Waals surface area (Å²) >= 11 is 0. The second-order valence-electron chi connectivity index (χ2n) is 11.2. The number of carbonyl (C=O) groups excluding carboxylic acids is 4. The predicted molar refractivity (Wildman–Crippen MR) is 181 cm³/mol. The van der Waals surface area contributed by atoms with Crippen LogP contribution in [-0.4, -0.2) is 86.0 Å². The molecule has 0 heterocycles. The fourth-order valence-corrected chi connectivity index (χ4v) is 4.61. The first-order valence-electron chi connectivity index (χ1n) is 15.0. The standard InChI is InChI=1S/C35H21NO21/c37-16-2-12(3-17(38)26(16)36-53)32(49)55-23-8-14(5-19(40)28(23)44)34(51)57-25-10-15(6-21(42)30(25)46)35(52)56-24-9-13(4-20(41)29(24)45)33(50)54-22-7-11(31(47)48)1-18(39)27(22)43/h1-10,37-46H,(H,47,48). The van der Waals surface area contributed by atoms with Crippen molar-refractivity contribution in [1.82, 2.24) is 0 Å². The maximum Gasteiger partial charge on any atom is 0.343 e. The van der Waals surface area contributed by atoms with E-state index in [1.807, 2.05) is 0 Å². The summed E-state index contributed by atoms with van der Waals surface area (Å²) in [6, 6.07) is 6.37. The Morgan fingerprint density at radius 1 is 0.368 bits per heavy atom. The number of phenolic OH excluding ortho intramolecular Hbond substituents is 10. The van der Waals surface area contributed by atoms with Crippen LogP contribution >= 0.6 is 0 Å². The molecule has 0 radical (unpaired) electrons. The molecule has 0 saturated heterocycles. The number of carboxylic acids is 1. The van der Waals surface area contributed by atoms with Crippen LogP contribution in [0.15, 0.2) is 65.8 Å². The number of phenols is 10. The summed E-state index contributed by atoms with van der Waals surface area (Å²) < 4.78 is 19.9. The van der Waals surface area contributed by atoms with Crippen LogP contribution in [0.5, 0.6) is 80.5 Å². The molecule has 0 atom stereocenters. The van der Waals surface area contributed by atoms with E-state index in [-0.39, 0.29) is 0 Å². The van der Waals surface area contributed by atoms with Gasteiger partial charge in [0.1, 0.15) is 11.5 Å². The molecular formula is C35H21NO21. The van der Waals surface area contributed by atoms with Crippen LogP contribution < -0.4 is 18.9 Å². The van der Waals surface area contributed by atoms with E-state index in [9.17, 15) is 79.9 Å². The second kappa shape index (κ2) is 15.2. The fraction of sp³-hybridized carbons (Fsp3) is 0. The Bertz CT molecular complexity index is 2540. The number of aromatic carboxylic acids is 1. The van der Waals surface area contributed by atoms with Gasteiger partial charge in [0.25, 0.3) is 0 Å². The average molecular weight is 792 g/mol. The minimum Gasteiger partial charge on any atom is -0.505 e. The van der Waals surface area contributed by atoms with Gasteiger partial charge < -0.3 is 75.1 Å². The number of hydrogen-bond donors (Lipinski definition) is 11. The van der Waals surface area contributed by atoms with E-state index < -0.39 is 144 Å². The van der Waals surface area contributed by atoms with Crippen molar-refractivity contribution in [3.8, 4) is 80.5 Å². The molecule has 0 aliphatic carbocycles. The van der Waals surface area contributed by atoms with Crippen molar-refractivity contribution in [1.29, 1.82) is 0 Å². The zero-order valence-corrected chi connectivity index (χ0v) is 27.7. The summed E-state index contributed by atoms with van der Waals surface area (Å²) in [5.74, 6) is -21.5. The molecule has 292 valence electrons.